The van der Waals surface area contributed by atoms with Gasteiger partial charge in [0.2, 0.25) is 5.91 Å². The maximum absolute atomic E-state index is 12.4. The molecule has 106 valence electrons. The summed E-state index contributed by atoms with van der Waals surface area (Å²) < 4.78 is 10.7. The van der Waals surface area contributed by atoms with Crippen LogP contribution in [-0.2, 0) is 14.3 Å². The normalized spacial score (nSPS) is 33.4. The van der Waals surface area contributed by atoms with Crippen LogP contribution in [0.4, 0.5) is 0 Å². The summed E-state index contributed by atoms with van der Waals surface area (Å²) in [5.74, 6) is 0.281. The van der Waals surface area contributed by atoms with E-state index in [0.29, 0.717) is 13.2 Å². The van der Waals surface area contributed by atoms with Crippen LogP contribution < -0.4 is 0 Å². The molecule has 0 spiro atoms. The first-order chi connectivity index (χ1) is 8.38. The highest BCUT2D eigenvalue weighted by molar-refractivity contribution is 6.21. The minimum absolute atomic E-state index is 0.0267. The van der Waals surface area contributed by atoms with Gasteiger partial charge < -0.3 is 14.4 Å². The summed E-state index contributed by atoms with van der Waals surface area (Å²) >= 11 is 6.08. The van der Waals surface area contributed by atoms with Gasteiger partial charge in [-0.05, 0) is 19.8 Å². The van der Waals surface area contributed by atoms with Crippen LogP contribution in [0.25, 0.3) is 0 Å². The third-order valence-corrected chi connectivity index (χ3v) is 3.99. The van der Waals surface area contributed by atoms with Gasteiger partial charge in [0.05, 0.1) is 30.1 Å². The summed E-state index contributed by atoms with van der Waals surface area (Å²) in [5.41, 5.74) is 0. The van der Waals surface area contributed by atoms with Gasteiger partial charge in [0.1, 0.15) is 0 Å². The van der Waals surface area contributed by atoms with E-state index in [2.05, 4.69) is 6.92 Å². The second kappa shape index (κ2) is 6.73. The molecule has 1 fully saturated rings. The van der Waals surface area contributed by atoms with E-state index >= 15 is 0 Å². The van der Waals surface area contributed by atoms with E-state index in [9.17, 15) is 4.79 Å². The average molecular weight is 278 g/mol. The van der Waals surface area contributed by atoms with Gasteiger partial charge in [0.15, 0.2) is 0 Å². The molecule has 5 unspecified atom stereocenters. The predicted octanol–water partition coefficient (Wildman–Crippen LogP) is 1.76. The largest absolute Gasteiger partial charge is 0.383 e. The number of hydrogen-bond acceptors (Lipinski definition) is 3. The molecule has 0 aromatic carbocycles. The van der Waals surface area contributed by atoms with Crippen molar-refractivity contribution in [2.75, 3.05) is 27.3 Å². The predicted molar refractivity (Wildman–Crippen MR) is 71.8 cm³/mol. The Morgan fingerprint density at radius 1 is 1.39 bits per heavy atom. The van der Waals surface area contributed by atoms with Crippen LogP contribution in [0.3, 0.4) is 0 Å². The highest BCUT2D eigenvalue weighted by atomic mass is 35.5. The second-order valence-corrected chi connectivity index (χ2v) is 5.82. The van der Waals surface area contributed by atoms with Gasteiger partial charge in [-0.2, -0.15) is 0 Å². The number of hydrogen-bond donors (Lipinski definition) is 0. The van der Waals surface area contributed by atoms with Crippen LogP contribution >= 0.6 is 11.6 Å². The van der Waals surface area contributed by atoms with Gasteiger partial charge in [0.25, 0.3) is 0 Å². The molecule has 5 heteroatoms. The van der Waals surface area contributed by atoms with Crippen molar-refractivity contribution in [3.63, 3.8) is 0 Å². The SMILES string of the molecule is COCC(Cl)CN(C)C(=O)C1C(C)OC(C)C1C. The molecule has 5 atom stereocenters. The first-order valence-corrected chi connectivity index (χ1v) is 6.85. The monoisotopic (exact) mass is 277 g/mol. The molecule has 1 aliphatic rings. The van der Waals surface area contributed by atoms with Crippen molar-refractivity contribution in [1.29, 1.82) is 0 Å². The molecule has 0 radical (unpaired) electrons. The van der Waals surface area contributed by atoms with Crippen molar-refractivity contribution >= 4 is 17.5 Å². The van der Waals surface area contributed by atoms with Crippen LogP contribution in [0.5, 0.6) is 0 Å². The number of halogens is 1. The number of methoxy groups -OCH3 is 1. The molecule has 1 heterocycles. The van der Waals surface area contributed by atoms with Crippen molar-refractivity contribution in [3.8, 4) is 0 Å². The van der Waals surface area contributed by atoms with E-state index in [-0.39, 0.29) is 35.3 Å². The number of alkyl halides is 1. The minimum atomic E-state index is -0.172. The molecule has 4 nitrogen and oxygen atoms in total. The standard InChI is InChI=1S/C13H24ClNO3/c1-8-9(2)18-10(3)12(8)13(16)15(4)6-11(14)7-17-5/h8-12H,6-7H2,1-5H3. The fraction of sp³-hybridized carbons (Fsp3) is 0.923. The van der Waals surface area contributed by atoms with Gasteiger partial charge >= 0.3 is 0 Å². The molecule has 0 aromatic heterocycles. The van der Waals surface area contributed by atoms with Crippen molar-refractivity contribution in [1.82, 2.24) is 4.90 Å². The fourth-order valence-corrected chi connectivity index (χ4v) is 2.90. The van der Waals surface area contributed by atoms with Gasteiger partial charge in [-0.25, -0.2) is 0 Å². The zero-order chi connectivity index (χ0) is 13.9. The van der Waals surface area contributed by atoms with E-state index in [1.54, 1.807) is 19.1 Å². The molecule has 1 saturated heterocycles. The Labute approximate surface area is 115 Å². The topological polar surface area (TPSA) is 38.8 Å². The smallest absolute Gasteiger partial charge is 0.228 e. The maximum atomic E-state index is 12.4. The number of carbonyl (C=O) groups is 1. The van der Waals surface area contributed by atoms with E-state index in [0.717, 1.165) is 0 Å². The minimum Gasteiger partial charge on any atom is -0.383 e. The van der Waals surface area contributed by atoms with Crippen LogP contribution in [0.15, 0.2) is 0 Å². The van der Waals surface area contributed by atoms with Gasteiger partial charge in [0, 0.05) is 20.7 Å². The molecule has 1 rings (SSSR count). The summed E-state index contributed by atoms with van der Waals surface area (Å²) in [6.45, 7) is 6.99. The van der Waals surface area contributed by atoms with E-state index in [1.807, 2.05) is 13.8 Å². The Kier molecular flexibility index (Phi) is 5.89. The fourth-order valence-electron chi connectivity index (χ4n) is 2.57. The summed E-state index contributed by atoms with van der Waals surface area (Å²) in [7, 11) is 3.39. The van der Waals surface area contributed by atoms with Crippen LogP contribution in [0.1, 0.15) is 20.8 Å². The summed E-state index contributed by atoms with van der Waals surface area (Å²) in [4.78, 5) is 14.1. The quantitative estimate of drug-likeness (QED) is 0.719. The lowest BCUT2D eigenvalue weighted by Gasteiger charge is -2.26. The van der Waals surface area contributed by atoms with Gasteiger partial charge in [-0.3, -0.25) is 4.79 Å². The lowest BCUT2D eigenvalue weighted by molar-refractivity contribution is -0.136. The van der Waals surface area contributed by atoms with Crippen LogP contribution in [0, 0.1) is 11.8 Å². The molecule has 0 aliphatic carbocycles. The Morgan fingerprint density at radius 2 is 2.00 bits per heavy atom. The molecule has 0 N–H and O–H groups in total. The second-order valence-electron chi connectivity index (χ2n) is 5.20. The van der Waals surface area contributed by atoms with E-state index < -0.39 is 0 Å². The van der Waals surface area contributed by atoms with Crippen molar-refractivity contribution in [2.24, 2.45) is 11.8 Å². The third-order valence-electron chi connectivity index (χ3n) is 3.72. The molecular formula is C13H24ClNO3. The highest BCUT2D eigenvalue weighted by Crippen LogP contribution is 2.33. The van der Waals surface area contributed by atoms with Crippen molar-refractivity contribution in [3.05, 3.63) is 0 Å². The molecule has 1 aliphatic heterocycles. The first kappa shape index (κ1) is 15.7. The number of ether oxygens (including phenoxy) is 2. The van der Waals surface area contributed by atoms with Crippen LogP contribution in [0.2, 0.25) is 0 Å². The summed E-state index contributed by atoms with van der Waals surface area (Å²) in [6.07, 6.45) is 0.106. The molecular weight excluding hydrogens is 254 g/mol. The van der Waals surface area contributed by atoms with E-state index in [4.69, 9.17) is 21.1 Å². The zero-order valence-electron chi connectivity index (χ0n) is 11.9. The van der Waals surface area contributed by atoms with Gasteiger partial charge in [-0.1, -0.05) is 6.92 Å². The summed E-state index contributed by atoms with van der Waals surface area (Å²) in [5, 5.41) is -0.172. The molecule has 18 heavy (non-hydrogen) atoms. The Bertz CT molecular complexity index is 287. The molecule has 1 amide bonds. The lowest BCUT2D eigenvalue weighted by Crippen LogP contribution is -2.41. The van der Waals surface area contributed by atoms with E-state index in [1.165, 1.54) is 0 Å². The number of rotatable bonds is 5. The summed E-state index contributed by atoms with van der Waals surface area (Å²) in [6, 6.07) is 0. The lowest BCUT2D eigenvalue weighted by atomic mass is 9.88. The molecule has 0 aromatic rings. The maximum Gasteiger partial charge on any atom is 0.228 e. The highest BCUT2D eigenvalue weighted by Gasteiger charge is 2.42. The van der Waals surface area contributed by atoms with Crippen molar-refractivity contribution < 1.29 is 14.3 Å². The molecule has 0 saturated carbocycles. The first-order valence-electron chi connectivity index (χ1n) is 6.41. The average Bonchev–Trinajstić information content (AvgIpc) is 2.52. The Morgan fingerprint density at radius 3 is 2.44 bits per heavy atom. The zero-order valence-corrected chi connectivity index (χ0v) is 12.6. The number of carbonyl (C=O) groups excluding carboxylic acids is 1. The number of nitrogens with zero attached hydrogens (tertiary/aromatic N) is 1. The molecule has 0 bridgehead atoms. The Hall–Kier alpha value is -0.320. The number of amides is 1. The Balaban J connectivity index is 2.58. The van der Waals surface area contributed by atoms with Crippen LogP contribution in [-0.4, -0.2) is 55.7 Å². The van der Waals surface area contributed by atoms with Gasteiger partial charge in [-0.15, -0.1) is 11.6 Å². The van der Waals surface area contributed by atoms with Crippen molar-refractivity contribution in [2.45, 2.75) is 38.4 Å². The third kappa shape index (κ3) is 3.59.